The average Bonchev–Trinajstić information content (AvgIpc) is 2.77. The SMILES string of the molecule is CN(CC/C(N)=N/O)C(=O)c1ccoc1. The maximum atomic E-state index is 11.6. The number of nitrogens with two attached hydrogens (primary N) is 1. The van der Waals surface area contributed by atoms with Crippen molar-refractivity contribution >= 4 is 11.7 Å². The Balaban J connectivity index is 2.48. The van der Waals surface area contributed by atoms with Crippen molar-refractivity contribution < 1.29 is 14.4 Å². The van der Waals surface area contributed by atoms with Crippen LogP contribution >= 0.6 is 0 Å². The van der Waals surface area contributed by atoms with E-state index >= 15 is 0 Å². The molecule has 6 heteroatoms. The number of amides is 1. The van der Waals surface area contributed by atoms with Crippen LogP contribution in [0.2, 0.25) is 0 Å². The lowest BCUT2D eigenvalue weighted by atomic mass is 10.3. The van der Waals surface area contributed by atoms with Crippen molar-refractivity contribution in [1.82, 2.24) is 4.90 Å². The monoisotopic (exact) mass is 211 g/mol. The molecule has 1 rings (SSSR count). The number of hydrogen-bond donors (Lipinski definition) is 2. The minimum Gasteiger partial charge on any atom is -0.472 e. The van der Waals surface area contributed by atoms with E-state index in [1.165, 1.54) is 17.4 Å². The number of furan rings is 1. The van der Waals surface area contributed by atoms with Crippen molar-refractivity contribution in [2.45, 2.75) is 6.42 Å². The Hall–Kier alpha value is -1.98. The minimum absolute atomic E-state index is 0.0989. The number of rotatable bonds is 4. The highest BCUT2D eigenvalue weighted by Gasteiger charge is 2.12. The number of hydrogen-bond acceptors (Lipinski definition) is 4. The van der Waals surface area contributed by atoms with Crippen LogP contribution in [0, 0.1) is 0 Å². The summed E-state index contributed by atoms with van der Waals surface area (Å²) >= 11 is 0. The first-order valence-electron chi connectivity index (χ1n) is 4.39. The number of nitrogens with zero attached hydrogens (tertiary/aromatic N) is 2. The number of carbonyl (C=O) groups excluding carboxylic acids is 1. The number of oxime groups is 1. The molecule has 1 aromatic heterocycles. The summed E-state index contributed by atoms with van der Waals surface area (Å²) in [5.41, 5.74) is 5.77. The van der Waals surface area contributed by atoms with Crippen molar-refractivity contribution in [3.63, 3.8) is 0 Å². The van der Waals surface area contributed by atoms with E-state index in [0.717, 1.165) is 0 Å². The van der Waals surface area contributed by atoms with Crippen LogP contribution in [-0.4, -0.2) is 35.4 Å². The highest BCUT2D eigenvalue weighted by Crippen LogP contribution is 2.04. The second kappa shape index (κ2) is 5.04. The summed E-state index contributed by atoms with van der Waals surface area (Å²) in [6.45, 7) is 0.389. The zero-order valence-electron chi connectivity index (χ0n) is 8.38. The maximum absolute atomic E-state index is 11.6. The fourth-order valence-electron chi connectivity index (χ4n) is 1.04. The van der Waals surface area contributed by atoms with Gasteiger partial charge in [-0.3, -0.25) is 4.79 Å². The predicted molar refractivity (Wildman–Crippen MR) is 53.7 cm³/mol. The van der Waals surface area contributed by atoms with E-state index in [4.69, 9.17) is 15.4 Å². The van der Waals surface area contributed by atoms with E-state index in [0.29, 0.717) is 18.5 Å². The molecule has 6 nitrogen and oxygen atoms in total. The standard InChI is InChI=1S/C9H13N3O3/c1-12(4-2-8(10)11-14)9(13)7-3-5-15-6-7/h3,5-6,14H,2,4H2,1H3,(H2,10,11). The largest absolute Gasteiger partial charge is 0.472 e. The molecule has 0 spiro atoms. The molecule has 0 fully saturated rings. The van der Waals surface area contributed by atoms with E-state index in [1.54, 1.807) is 13.1 Å². The molecule has 0 saturated heterocycles. The average molecular weight is 211 g/mol. The zero-order chi connectivity index (χ0) is 11.3. The summed E-state index contributed by atoms with van der Waals surface area (Å²) in [7, 11) is 1.64. The van der Waals surface area contributed by atoms with Crippen LogP contribution in [-0.2, 0) is 0 Å². The van der Waals surface area contributed by atoms with Crippen molar-refractivity contribution in [3.05, 3.63) is 24.2 Å². The third-order valence-corrected chi connectivity index (χ3v) is 1.95. The molecular weight excluding hydrogens is 198 g/mol. The topological polar surface area (TPSA) is 92.1 Å². The normalized spacial score (nSPS) is 11.4. The van der Waals surface area contributed by atoms with E-state index in [-0.39, 0.29) is 11.7 Å². The molecule has 0 aliphatic heterocycles. The Morgan fingerprint density at radius 3 is 3.00 bits per heavy atom. The fourth-order valence-corrected chi connectivity index (χ4v) is 1.04. The summed E-state index contributed by atoms with van der Waals surface area (Å²) < 4.78 is 4.80. The Kier molecular flexibility index (Phi) is 3.73. The number of amidine groups is 1. The molecule has 15 heavy (non-hydrogen) atoms. The Morgan fingerprint density at radius 2 is 2.47 bits per heavy atom. The highest BCUT2D eigenvalue weighted by molar-refractivity contribution is 5.93. The van der Waals surface area contributed by atoms with Gasteiger partial charge in [-0.1, -0.05) is 5.16 Å². The summed E-state index contributed by atoms with van der Waals surface area (Å²) in [4.78, 5) is 13.1. The lowest BCUT2D eigenvalue weighted by molar-refractivity contribution is 0.0798. The molecule has 3 N–H and O–H groups in total. The molecule has 0 bridgehead atoms. The van der Waals surface area contributed by atoms with Crippen LogP contribution in [0.3, 0.4) is 0 Å². The van der Waals surface area contributed by atoms with E-state index in [2.05, 4.69) is 5.16 Å². The molecule has 0 saturated carbocycles. The van der Waals surface area contributed by atoms with Gasteiger partial charge in [-0.15, -0.1) is 0 Å². The Morgan fingerprint density at radius 1 is 1.73 bits per heavy atom. The van der Waals surface area contributed by atoms with E-state index < -0.39 is 0 Å². The molecule has 0 aliphatic rings. The van der Waals surface area contributed by atoms with E-state index in [9.17, 15) is 4.79 Å². The molecule has 0 aromatic carbocycles. The molecule has 0 aliphatic carbocycles. The summed E-state index contributed by atoms with van der Waals surface area (Å²) in [5, 5.41) is 11.1. The quantitative estimate of drug-likeness (QED) is 0.328. The van der Waals surface area contributed by atoms with Gasteiger partial charge in [0.15, 0.2) is 0 Å². The molecule has 1 heterocycles. The van der Waals surface area contributed by atoms with Crippen LogP contribution in [0.25, 0.3) is 0 Å². The lowest BCUT2D eigenvalue weighted by Crippen LogP contribution is -2.30. The molecular formula is C9H13N3O3. The molecule has 1 amide bonds. The first-order chi connectivity index (χ1) is 7.15. The van der Waals surface area contributed by atoms with Gasteiger partial charge in [0, 0.05) is 20.0 Å². The van der Waals surface area contributed by atoms with Gasteiger partial charge in [-0.2, -0.15) is 0 Å². The Bertz CT molecular complexity index is 345. The van der Waals surface area contributed by atoms with Crippen molar-refractivity contribution in [3.8, 4) is 0 Å². The predicted octanol–water partition coefficient (Wildman–Crippen LogP) is 0.488. The van der Waals surface area contributed by atoms with Gasteiger partial charge in [0.25, 0.3) is 5.91 Å². The number of carbonyl (C=O) groups is 1. The van der Waals surface area contributed by atoms with Gasteiger partial charge in [0.1, 0.15) is 12.1 Å². The first-order valence-corrected chi connectivity index (χ1v) is 4.39. The smallest absolute Gasteiger partial charge is 0.256 e. The Labute approximate surface area is 87.0 Å². The van der Waals surface area contributed by atoms with Gasteiger partial charge in [-0.25, -0.2) is 0 Å². The summed E-state index contributed by atoms with van der Waals surface area (Å²) in [5.74, 6) is -0.0590. The van der Waals surface area contributed by atoms with Crippen molar-refractivity contribution in [2.24, 2.45) is 10.9 Å². The summed E-state index contributed by atoms with van der Waals surface area (Å²) in [6, 6.07) is 1.59. The van der Waals surface area contributed by atoms with Crippen molar-refractivity contribution in [1.29, 1.82) is 0 Å². The van der Waals surface area contributed by atoms with E-state index in [1.807, 2.05) is 0 Å². The molecule has 82 valence electrons. The highest BCUT2D eigenvalue weighted by atomic mass is 16.4. The lowest BCUT2D eigenvalue weighted by Gasteiger charge is -2.15. The molecule has 0 unspecified atom stereocenters. The third kappa shape index (κ3) is 3.01. The third-order valence-electron chi connectivity index (χ3n) is 1.95. The fraction of sp³-hybridized carbons (Fsp3) is 0.333. The van der Waals surface area contributed by atoms with Gasteiger partial charge < -0.3 is 20.3 Å². The second-order valence-electron chi connectivity index (χ2n) is 3.08. The second-order valence-corrected chi connectivity index (χ2v) is 3.08. The van der Waals surface area contributed by atoms with Gasteiger partial charge in [-0.05, 0) is 6.07 Å². The van der Waals surface area contributed by atoms with Crippen LogP contribution in [0.5, 0.6) is 0 Å². The minimum atomic E-state index is -0.158. The zero-order valence-corrected chi connectivity index (χ0v) is 8.38. The van der Waals surface area contributed by atoms with Gasteiger partial charge >= 0.3 is 0 Å². The van der Waals surface area contributed by atoms with Crippen LogP contribution in [0.4, 0.5) is 0 Å². The molecule has 1 aromatic rings. The van der Waals surface area contributed by atoms with Crippen LogP contribution in [0.1, 0.15) is 16.8 Å². The molecule has 0 atom stereocenters. The first kappa shape index (κ1) is 11.1. The van der Waals surface area contributed by atoms with Crippen LogP contribution in [0.15, 0.2) is 28.2 Å². The maximum Gasteiger partial charge on any atom is 0.256 e. The summed E-state index contributed by atoms with van der Waals surface area (Å²) in [6.07, 6.45) is 3.14. The van der Waals surface area contributed by atoms with Crippen molar-refractivity contribution in [2.75, 3.05) is 13.6 Å². The van der Waals surface area contributed by atoms with Gasteiger partial charge in [0.2, 0.25) is 0 Å². The van der Waals surface area contributed by atoms with Gasteiger partial charge in [0.05, 0.1) is 11.8 Å². The van der Waals surface area contributed by atoms with Crippen LogP contribution < -0.4 is 5.73 Å². The molecule has 0 radical (unpaired) electrons.